The number of aromatic amines is 1. The first-order valence-corrected chi connectivity index (χ1v) is 5.58. The minimum atomic E-state index is -0.0372. The number of phenolic OH excluding ortho intramolecular Hbond substituents is 1. The summed E-state index contributed by atoms with van der Waals surface area (Å²) in [6, 6.07) is 6.84. The van der Waals surface area contributed by atoms with Crippen LogP contribution in [0.15, 0.2) is 29.1 Å². The predicted octanol–water partition coefficient (Wildman–Crippen LogP) is 0.517. The Hall–Kier alpha value is -2.01. The van der Waals surface area contributed by atoms with E-state index in [1.54, 1.807) is 22.9 Å². The molecule has 0 saturated heterocycles. The van der Waals surface area contributed by atoms with E-state index in [0.717, 1.165) is 29.9 Å². The van der Waals surface area contributed by atoms with Gasteiger partial charge in [0.1, 0.15) is 5.75 Å². The van der Waals surface area contributed by atoms with Crippen molar-refractivity contribution in [2.45, 2.75) is 13.0 Å². The summed E-state index contributed by atoms with van der Waals surface area (Å²) in [5.41, 5.74) is 2.52. The Labute approximate surface area is 97.7 Å². The molecule has 2 heterocycles. The van der Waals surface area contributed by atoms with Gasteiger partial charge >= 0.3 is 0 Å². The molecule has 5 nitrogen and oxygen atoms in total. The summed E-state index contributed by atoms with van der Waals surface area (Å²) < 4.78 is 1.74. The van der Waals surface area contributed by atoms with Gasteiger partial charge < -0.3 is 10.4 Å². The number of phenols is 1. The molecule has 0 saturated carbocycles. The molecular formula is C12H13N3O2. The highest BCUT2D eigenvalue weighted by atomic mass is 16.3. The van der Waals surface area contributed by atoms with Crippen molar-refractivity contribution in [3.05, 3.63) is 45.9 Å². The molecule has 1 aromatic carbocycles. The van der Waals surface area contributed by atoms with E-state index in [9.17, 15) is 9.90 Å². The summed E-state index contributed by atoms with van der Waals surface area (Å²) in [6.07, 6.45) is 0.747. The fourth-order valence-electron chi connectivity index (χ4n) is 2.22. The maximum absolute atomic E-state index is 11.8. The number of aromatic hydroxyl groups is 1. The third-order valence-electron chi connectivity index (χ3n) is 3.04. The molecule has 0 amide bonds. The van der Waals surface area contributed by atoms with Crippen LogP contribution in [-0.4, -0.2) is 21.4 Å². The van der Waals surface area contributed by atoms with Crippen LogP contribution in [-0.2, 0) is 13.0 Å². The van der Waals surface area contributed by atoms with Crippen molar-refractivity contribution < 1.29 is 5.11 Å². The van der Waals surface area contributed by atoms with Crippen molar-refractivity contribution in [1.82, 2.24) is 15.1 Å². The normalized spacial score (nSPS) is 14.6. The van der Waals surface area contributed by atoms with Crippen molar-refractivity contribution in [3.63, 3.8) is 0 Å². The third-order valence-corrected chi connectivity index (χ3v) is 3.04. The number of hydrogen-bond donors (Lipinski definition) is 3. The van der Waals surface area contributed by atoms with E-state index >= 15 is 0 Å². The quantitative estimate of drug-likeness (QED) is 0.670. The van der Waals surface area contributed by atoms with Crippen LogP contribution >= 0.6 is 0 Å². The Morgan fingerprint density at radius 3 is 3.06 bits per heavy atom. The highest BCUT2D eigenvalue weighted by molar-refractivity contribution is 5.40. The van der Waals surface area contributed by atoms with E-state index in [-0.39, 0.29) is 11.3 Å². The minimum Gasteiger partial charge on any atom is -0.508 e. The number of rotatable bonds is 1. The maximum Gasteiger partial charge on any atom is 0.267 e. The number of nitrogens with one attached hydrogen (secondary N) is 2. The standard InChI is InChI=1S/C12H13N3O2/c16-9-3-1-2-8(6-9)15-11-7-13-5-4-10(11)12(17)14-15/h1-3,6,13,16H,4-5,7H2,(H,14,17). The van der Waals surface area contributed by atoms with Gasteiger partial charge in [-0.25, -0.2) is 0 Å². The van der Waals surface area contributed by atoms with Gasteiger partial charge in [0, 0.05) is 18.2 Å². The monoisotopic (exact) mass is 231 g/mol. The minimum absolute atomic E-state index is 0.0372. The maximum atomic E-state index is 11.8. The zero-order chi connectivity index (χ0) is 11.8. The Bertz CT molecular complexity index is 612. The summed E-state index contributed by atoms with van der Waals surface area (Å²) in [5, 5.41) is 15.5. The summed E-state index contributed by atoms with van der Waals surface area (Å²) in [4.78, 5) is 11.8. The zero-order valence-corrected chi connectivity index (χ0v) is 9.23. The van der Waals surface area contributed by atoms with Gasteiger partial charge in [-0.3, -0.25) is 14.6 Å². The summed E-state index contributed by atoms with van der Waals surface area (Å²) in [7, 11) is 0. The molecule has 0 atom stereocenters. The number of hydrogen-bond acceptors (Lipinski definition) is 3. The number of nitrogens with zero attached hydrogens (tertiary/aromatic N) is 1. The van der Waals surface area contributed by atoms with Gasteiger partial charge in [-0.2, -0.15) is 0 Å². The molecule has 2 aromatic rings. The molecule has 1 aliphatic heterocycles. The largest absolute Gasteiger partial charge is 0.508 e. The van der Waals surface area contributed by atoms with Crippen LogP contribution in [0.5, 0.6) is 5.75 Å². The van der Waals surface area contributed by atoms with Gasteiger partial charge in [0.25, 0.3) is 5.56 Å². The lowest BCUT2D eigenvalue weighted by Crippen LogP contribution is -2.26. The van der Waals surface area contributed by atoms with Gasteiger partial charge in [0.15, 0.2) is 0 Å². The van der Waals surface area contributed by atoms with Crippen molar-refractivity contribution >= 4 is 0 Å². The van der Waals surface area contributed by atoms with E-state index < -0.39 is 0 Å². The highest BCUT2D eigenvalue weighted by Gasteiger charge is 2.18. The van der Waals surface area contributed by atoms with Crippen molar-refractivity contribution in [2.24, 2.45) is 0 Å². The van der Waals surface area contributed by atoms with E-state index in [2.05, 4.69) is 10.4 Å². The lowest BCUT2D eigenvalue weighted by atomic mass is 10.1. The number of fused-ring (bicyclic) bond motifs is 1. The molecule has 0 radical (unpaired) electrons. The van der Waals surface area contributed by atoms with Crippen molar-refractivity contribution in [1.29, 1.82) is 0 Å². The second-order valence-corrected chi connectivity index (χ2v) is 4.15. The molecule has 1 aliphatic rings. The summed E-state index contributed by atoms with van der Waals surface area (Å²) in [5.74, 6) is 0.189. The van der Waals surface area contributed by atoms with Crippen LogP contribution in [0.2, 0.25) is 0 Å². The number of H-pyrrole nitrogens is 1. The third kappa shape index (κ3) is 1.64. The van der Waals surface area contributed by atoms with Gasteiger partial charge in [-0.15, -0.1) is 0 Å². The molecule has 3 rings (SSSR count). The molecular weight excluding hydrogens is 218 g/mol. The van der Waals surface area contributed by atoms with Gasteiger partial charge in [-0.1, -0.05) is 6.07 Å². The highest BCUT2D eigenvalue weighted by Crippen LogP contribution is 2.18. The van der Waals surface area contributed by atoms with Crippen LogP contribution in [0.4, 0.5) is 0 Å². The molecule has 0 unspecified atom stereocenters. The van der Waals surface area contributed by atoms with Crippen molar-refractivity contribution in [2.75, 3.05) is 6.54 Å². The first kappa shape index (κ1) is 10.2. The molecule has 0 spiro atoms. The molecule has 5 heteroatoms. The average Bonchev–Trinajstić information content (AvgIpc) is 2.68. The van der Waals surface area contributed by atoms with Gasteiger partial charge in [-0.05, 0) is 25.1 Å². The number of aromatic nitrogens is 2. The zero-order valence-electron chi connectivity index (χ0n) is 9.23. The Balaban J connectivity index is 2.18. The second kappa shape index (κ2) is 3.78. The molecule has 88 valence electrons. The first-order chi connectivity index (χ1) is 8.25. The smallest absolute Gasteiger partial charge is 0.267 e. The van der Waals surface area contributed by atoms with E-state index in [4.69, 9.17) is 0 Å². The van der Waals surface area contributed by atoms with E-state index in [0.29, 0.717) is 6.54 Å². The lowest BCUT2D eigenvalue weighted by molar-refractivity contribution is 0.474. The van der Waals surface area contributed by atoms with Crippen molar-refractivity contribution in [3.8, 4) is 11.4 Å². The number of benzene rings is 1. The van der Waals surface area contributed by atoms with E-state index in [1.165, 1.54) is 0 Å². The fraction of sp³-hybridized carbons (Fsp3) is 0.250. The Morgan fingerprint density at radius 1 is 1.35 bits per heavy atom. The Morgan fingerprint density at radius 2 is 2.24 bits per heavy atom. The molecule has 1 aromatic heterocycles. The molecule has 0 aliphatic carbocycles. The van der Waals surface area contributed by atoms with Gasteiger partial charge in [0.05, 0.1) is 11.4 Å². The lowest BCUT2D eigenvalue weighted by Gasteiger charge is -2.15. The Kier molecular flexibility index (Phi) is 2.26. The van der Waals surface area contributed by atoms with Gasteiger partial charge in [0.2, 0.25) is 0 Å². The molecule has 3 N–H and O–H groups in total. The second-order valence-electron chi connectivity index (χ2n) is 4.15. The SMILES string of the molecule is O=c1[nH]n(-c2cccc(O)c2)c2c1CCNC2. The molecule has 0 fully saturated rings. The first-order valence-electron chi connectivity index (χ1n) is 5.58. The summed E-state index contributed by atoms with van der Waals surface area (Å²) >= 11 is 0. The fourth-order valence-corrected chi connectivity index (χ4v) is 2.22. The van der Waals surface area contributed by atoms with E-state index in [1.807, 2.05) is 6.07 Å². The summed E-state index contributed by atoms with van der Waals surface area (Å²) in [6.45, 7) is 1.50. The van der Waals surface area contributed by atoms with Crippen LogP contribution in [0.1, 0.15) is 11.3 Å². The average molecular weight is 231 g/mol. The van der Waals surface area contributed by atoms with Crippen LogP contribution < -0.4 is 10.9 Å². The predicted molar refractivity (Wildman–Crippen MR) is 63.5 cm³/mol. The molecule has 17 heavy (non-hydrogen) atoms. The molecule has 0 bridgehead atoms. The van der Waals surface area contributed by atoms with Crippen LogP contribution in [0, 0.1) is 0 Å². The van der Waals surface area contributed by atoms with Crippen LogP contribution in [0.25, 0.3) is 5.69 Å². The topological polar surface area (TPSA) is 70.0 Å². The van der Waals surface area contributed by atoms with Crippen LogP contribution in [0.3, 0.4) is 0 Å².